The molecule has 2 N–H and O–H groups in total. The Morgan fingerprint density at radius 1 is 1.04 bits per heavy atom. The molecule has 3 aliphatic rings. The largest absolute Gasteiger partial charge is 0.342 e. The Balaban J connectivity index is 1.38. The van der Waals surface area contributed by atoms with Crippen molar-refractivity contribution in [1.29, 1.82) is 0 Å². The maximum Gasteiger partial charge on any atom is 0.226 e. The van der Waals surface area contributed by atoms with Crippen molar-refractivity contribution in [1.82, 2.24) is 9.80 Å². The van der Waals surface area contributed by atoms with Gasteiger partial charge in [-0.15, -0.1) is 0 Å². The van der Waals surface area contributed by atoms with Crippen LogP contribution in [0.15, 0.2) is 24.3 Å². The van der Waals surface area contributed by atoms with Crippen LogP contribution in [0.1, 0.15) is 42.7 Å². The van der Waals surface area contributed by atoms with Gasteiger partial charge in [0.1, 0.15) is 0 Å². The molecule has 3 fully saturated rings. The smallest absolute Gasteiger partial charge is 0.226 e. The Labute approximate surface area is 145 Å². The second-order valence-electron chi connectivity index (χ2n) is 7.75. The lowest BCUT2D eigenvalue weighted by Crippen LogP contribution is -2.46. The average Bonchev–Trinajstić information content (AvgIpc) is 3.02. The van der Waals surface area contributed by atoms with Gasteiger partial charge in [-0.3, -0.25) is 4.79 Å². The highest BCUT2D eigenvalue weighted by Crippen LogP contribution is 2.35. The van der Waals surface area contributed by atoms with Crippen molar-refractivity contribution < 1.29 is 4.79 Å². The predicted octanol–water partition coefficient (Wildman–Crippen LogP) is 2.19. The fraction of sp³-hybridized carbons (Fsp3) is 0.650. The van der Waals surface area contributed by atoms with Gasteiger partial charge in [-0.25, -0.2) is 0 Å². The monoisotopic (exact) mass is 327 g/mol. The maximum absolute atomic E-state index is 13.0. The average molecular weight is 327 g/mol. The van der Waals surface area contributed by atoms with Crippen molar-refractivity contribution in [3.05, 3.63) is 35.4 Å². The van der Waals surface area contributed by atoms with Gasteiger partial charge in [-0.2, -0.15) is 0 Å². The minimum atomic E-state index is 0.289. The molecule has 1 unspecified atom stereocenters. The lowest BCUT2D eigenvalue weighted by molar-refractivity contribution is -0.139. The van der Waals surface area contributed by atoms with Gasteiger partial charge in [0.25, 0.3) is 0 Å². The number of carbonyl (C=O) groups excluding carboxylic acids is 1. The minimum Gasteiger partial charge on any atom is -0.342 e. The third-order valence-electron chi connectivity index (χ3n) is 6.47. The van der Waals surface area contributed by atoms with Gasteiger partial charge < -0.3 is 15.5 Å². The summed E-state index contributed by atoms with van der Waals surface area (Å²) in [7, 11) is 0. The summed E-state index contributed by atoms with van der Waals surface area (Å²) in [6.45, 7) is 5.90. The molecular formula is C20H29N3O. The molecule has 0 aromatic heterocycles. The highest BCUT2D eigenvalue weighted by molar-refractivity contribution is 5.79. The van der Waals surface area contributed by atoms with Crippen LogP contribution in [0.25, 0.3) is 0 Å². The molecule has 0 spiro atoms. The maximum atomic E-state index is 13.0. The third-order valence-corrected chi connectivity index (χ3v) is 6.47. The summed E-state index contributed by atoms with van der Waals surface area (Å²) < 4.78 is 0. The van der Waals surface area contributed by atoms with Gasteiger partial charge >= 0.3 is 0 Å². The number of nitrogens with zero attached hydrogens (tertiary/aromatic N) is 2. The minimum absolute atomic E-state index is 0.289. The van der Waals surface area contributed by atoms with E-state index in [-0.39, 0.29) is 5.92 Å². The fourth-order valence-corrected chi connectivity index (χ4v) is 5.04. The van der Waals surface area contributed by atoms with Crippen LogP contribution < -0.4 is 5.73 Å². The molecule has 3 aliphatic heterocycles. The summed E-state index contributed by atoms with van der Waals surface area (Å²) in [6, 6.07) is 8.54. The number of nitrogens with two attached hydrogens (primary N) is 1. The predicted molar refractivity (Wildman–Crippen MR) is 95.5 cm³/mol. The highest BCUT2D eigenvalue weighted by Gasteiger charge is 2.40. The molecule has 0 aliphatic carbocycles. The first-order valence-corrected chi connectivity index (χ1v) is 9.55. The number of piperidine rings is 2. The van der Waals surface area contributed by atoms with E-state index in [1.807, 2.05) is 0 Å². The summed E-state index contributed by atoms with van der Waals surface area (Å²) in [5.41, 5.74) is 8.56. The van der Waals surface area contributed by atoms with Gasteiger partial charge in [-0.1, -0.05) is 24.3 Å². The molecule has 0 saturated carbocycles. The Morgan fingerprint density at radius 2 is 1.79 bits per heavy atom. The summed E-state index contributed by atoms with van der Waals surface area (Å²) in [4.78, 5) is 17.7. The van der Waals surface area contributed by atoms with E-state index < -0.39 is 0 Å². The van der Waals surface area contributed by atoms with E-state index >= 15 is 0 Å². The van der Waals surface area contributed by atoms with Crippen LogP contribution in [0.4, 0.5) is 0 Å². The van der Waals surface area contributed by atoms with Crippen LogP contribution in [0, 0.1) is 11.8 Å². The summed E-state index contributed by atoms with van der Waals surface area (Å²) >= 11 is 0. The van der Waals surface area contributed by atoms with E-state index in [2.05, 4.69) is 34.1 Å². The van der Waals surface area contributed by atoms with Crippen molar-refractivity contribution in [2.45, 2.75) is 38.1 Å². The van der Waals surface area contributed by atoms with Gasteiger partial charge in [-0.05, 0) is 61.7 Å². The number of benzene rings is 1. The van der Waals surface area contributed by atoms with Crippen LogP contribution in [0.5, 0.6) is 0 Å². The van der Waals surface area contributed by atoms with Gasteiger partial charge in [0, 0.05) is 32.1 Å². The quantitative estimate of drug-likeness (QED) is 0.926. The normalized spacial score (nSPS) is 30.5. The Bertz CT molecular complexity index is 594. The van der Waals surface area contributed by atoms with Crippen LogP contribution in [-0.4, -0.2) is 48.4 Å². The Kier molecular flexibility index (Phi) is 4.59. The number of hydrogen-bond donors (Lipinski definition) is 1. The topological polar surface area (TPSA) is 49.6 Å². The van der Waals surface area contributed by atoms with Crippen molar-refractivity contribution >= 4 is 5.91 Å². The highest BCUT2D eigenvalue weighted by atomic mass is 16.2. The van der Waals surface area contributed by atoms with E-state index in [4.69, 9.17) is 5.73 Å². The van der Waals surface area contributed by atoms with E-state index in [1.165, 1.54) is 24.1 Å². The molecule has 24 heavy (non-hydrogen) atoms. The second kappa shape index (κ2) is 6.85. The molecular weight excluding hydrogens is 298 g/mol. The first-order chi connectivity index (χ1) is 11.8. The lowest BCUT2D eigenvalue weighted by Gasteiger charge is -2.38. The first kappa shape index (κ1) is 16.1. The number of likely N-dealkylation sites (tertiary alicyclic amines) is 1. The number of rotatable bonds is 3. The van der Waals surface area contributed by atoms with Crippen LogP contribution >= 0.6 is 0 Å². The molecule has 3 saturated heterocycles. The van der Waals surface area contributed by atoms with Crippen molar-refractivity contribution in [2.75, 3.05) is 32.7 Å². The zero-order valence-corrected chi connectivity index (χ0v) is 14.5. The molecule has 1 aromatic carbocycles. The van der Waals surface area contributed by atoms with Crippen LogP contribution in [-0.2, 0) is 11.3 Å². The van der Waals surface area contributed by atoms with Crippen LogP contribution in [0.2, 0.25) is 0 Å². The summed E-state index contributed by atoms with van der Waals surface area (Å²) in [5, 5.41) is 0. The zero-order valence-electron chi connectivity index (χ0n) is 14.5. The van der Waals surface area contributed by atoms with E-state index in [1.54, 1.807) is 0 Å². The van der Waals surface area contributed by atoms with Crippen molar-refractivity contribution in [3.8, 4) is 0 Å². The molecule has 4 nitrogen and oxygen atoms in total. The Hall–Kier alpha value is -1.39. The molecule has 1 amide bonds. The molecule has 0 radical (unpaired) electrons. The van der Waals surface area contributed by atoms with Gasteiger partial charge in [0.2, 0.25) is 5.91 Å². The van der Waals surface area contributed by atoms with Crippen molar-refractivity contribution in [3.63, 3.8) is 0 Å². The standard InChI is InChI=1S/C20H29N3O/c21-13-16-3-1-2-4-18(16)15-6-11-23(12-7-15)20(24)19-8-10-22-9-5-17(19)14-22/h1-4,15,17,19H,5-14,21H2/t17-,19-/m0/s1. The summed E-state index contributed by atoms with van der Waals surface area (Å²) in [6.07, 6.45) is 4.44. The molecule has 3 atom stereocenters. The molecule has 130 valence electrons. The molecule has 2 bridgehead atoms. The van der Waals surface area contributed by atoms with Crippen molar-refractivity contribution in [2.24, 2.45) is 17.6 Å². The molecule has 4 heteroatoms. The lowest BCUT2D eigenvalue weighted by atomic mass is 9.83. The van der Waals surface area contributed by atoms with E-state index in [9.17, 15) is 4.79 Å². The fourth-order valence-electron chi connectivity index (χ4n) is 5.04. The number of fused-ring (bicyclic) bond motifs is 2. The Morgan fingerprint density at radius 3 is 2.58 bits per heavy atom. The number of amides is 1. The van der Waals surface area contributed by atoms with Gasteiger partial charge in [0.05, 0.1) is 0 Å². The molecule has 1 aromatic rings. The number of carbonyl (C=O) groups is 1. The first-order valence-electron chi connectivity index (χ1n) is 9.55. The van der Waals surface area contributed by atoms with Gasteiger partial charge in [0.15, 0.2) is 0 Å². The SMILES string of the molecule is NCc1ccccc1C1CCN(C(=O)[C@H]2CCN3CC[C@H]2C3)CC1. The summed E-state index contributed by atoms with van der Waals surface area (Å²) in [5.74, 6) is 1.90. The molecule has 4 rings (SSSR count). The number of hydrogen-bond acceptors (Lipinski definition) is 3. The van der Waals surface area contributed by atoms with E-state index in [0.717, 1.165) is 45.4 Å². The molecule has 3 heterocycles. The zero-order chi connectivity index (χ0) is 16.5. The van der Waals surface area contributed by atoms with E-state index in [0.29, 0.717) is 24.3 Å². The van der Waals surface area contributed by atoms with Crippen LogP contribution in [0.3, 0.4) is 0 Å². The third kappa shape index (κ3) is 2.98. The second-order valence-corrected chi connectivity index (χ2v) is 7.75.